The molecule has 0 atom stereocenters. The quantitative estimate of drug-likeness (QED) is 0.830. The van der Waals surface area contributed by atoms with Gasteiger partial charge in [-0.15, -0.1) is 0 Å². The van der Waals surface area contributed by atoms with Crippen LogP contribution in [0.5, 0.6) is 0 Å². The molecule has 2 rings (SSSR count). The number of amides is 1. The van der Waals surface area contributed by atoms with E-state index in [-0.39, 0.29) is 5.91 Å². The third-order valence-corrected chi connectivity index (χ3v) is 4.00. The van der Waals surface area contributed by atoms with Gasteiger partial charge in [-0.3, -0.25) is 9.69 Å². The first-order valence-corrected chi connectivity index (χ1v) is 8.19. The van der Waals surface area contributed by atoms with Crippen molar-refractivity contribution in [3.8, 4) is 0 Å². The molecule has 0 radical (unpaired) electrons. The summed E-state index contributed by atoms with van der Waals surface area (Å²) in [5.74, 6) is 0.0676. The van der Waals surface area contributed by atoms with Crippen LogP contribution in [0, 0.1) is 6.92 Å². The van der Waals surface area contributed by atoms with Gasteiger partial charge < -0.3 is 5.32 Å². The Hall–Kier alpha value is -2.13. The van der Waals surface area contributed by atoms with Crippen LogP contribution < -0.4 is 5.32 Å². The second-order valence-electron chi connectivity index (χ2n) is 6.16. The first-order valence-electron chi connectivity index (χ1n) is 8.19. The molecule has 0 unspecified atom stereocenters. The van der Waals surface area contributed by atoms with Gasteiger partial charge in [0.05, 0.1) is 0 Å². The summed E-state index contributed by atoms with van der Waals surface area (Å²) >= 11 is 0. The fourth-order valence-corrected chi connectivity index (χ4v) is 2.51. The summed E-state index contributed by atoms with van der Waals surface area (Å²) in [6.07, 6.45) is 0.499. The molecule has 1 N–H and O–H groups in total. The molecule has 0 saturated carbocycles. The summed E-state index contributed by atoms with van der Waals surface area (Å²) in [6.45, 7) is 7.97. The van der Waals surface area contributed by atoms with E-state index in [1.165, 1.54) is 5.56 Å². The second kappa shape index (κ2) is 8.49. The minimum atomic E-state index is 0.0676. The van der Waals surface area contributed by atoms with Crippen LogP contribution in [0.1, 0.15) is 31.4 Å². The largest absolute Gasteiger partial charge is 0.326 e. The Kier molecular flexibility index (Phi) is 6.36. The molecule has 0 saturated heterocycles. The molecule has 0 aliphatic rings. The summed E-state index contributed by atoms with van der Waals surface area (Å²) in [5, 5.41) is 3.00. The van der Waals surface area contributed by atoms with Crippen LogP contribution >= 0.6 is 0 Å². The van der Waals surface area contributed by atoms with E-state index in [0.717, 1.165) is 24.3 Å². The van der Waals surface area contributed by atoms with Gasteiger partial charge in [0.1, 0.15) is 0 Å². The smallest absolute Gasteiger partial charge is 0.225 e. The van der Waals surface area contributed by atoms with Crippen molar-refractivity contribution in [1.29, 1.82) is 0 Å². The van der Waals surface area contributed by atoms with Crippen molar-refractivity contribution in [3.05, 3.63) is 65.7 Å². The molecule has 122 valence electrons. The highest BCUT2D eigenvalue weighted by molar-refractivity contribution is 5.91. The van der Waals surface area contributed by atoms with Gasteiger partial charge in [0.2, 0.25) is 5.91 Å². The first-order chi connectivity index (χ1) is 11.1. The molecule has 0 aromatic heterocycles. The van der Waals surface area contributed by atoms with Crippen LogP contribution in [-0.2, 0) is 11.3 Å². The van der Waals surface area contributed by atoms with Gasteiger partial charge in [0.15, 0.2) is 0 Å². The van der Waals surface area contributed by atoms with E-state index in [2.05, 4.69) is 48.3 Å². The van der Waals surface area contributed by atoms with Gasteiger partial charge >= 0.3 is 0 Å². The standard InChI is InChI=1S/C20H26N2O/c1-16(2)22(15-18-10-5-4-6-11-18)14-13-20(23)21-19-12-8-7-9-17(19)3/h4-12,16H,13-15H2,1-3H3,(H,21,23). The zero-order chi connectivity index (χ0) is 16.7. The number of benzene rings is 2. The average molecular weight is 310 g/mol. The predicted octanol–water partition coefficient (Wildman–Crippen LogP) is 4.23. The Morgan fingerprint density at radius 2 is 1.70 bits per heavy atom. The maximum absolute atomic E-state index is 12.2. The monoisotopic (exact) mass is 310 g/mol. The van der Waals surface area contributed by atoms with Crippen LogP contribution in [0.3, 0.4) is 0 Å². The molecule has 1 amide bonds. The van der Waals surface area contributed by atoms with Crippen LogP contribution in [0.25, 0.3) is 0 Å². The molecular weight excluding hydrogens is 284 g/mol. The van der Waals surface area contributed by atoms with Crippen LogP contribution in [0.15, 0.2) is 54.6 Å². The molecule has 0 spiro atoms. The number of carbonyl (C=O) groups is 1. The minimum Gasteiger partial charge on any atom is -0.326 e. The SMILES string of the molecule is Cc1ccccc1NC(=O)CCN(Cc1ccccc1)C(C)C. The van der Waals surface area contributed by atoms with E-state index in [1.54, 1.807) is 0 Å². The summed E-state index contributed by atoms with van der Waals surface area (Å²) in [5.41, 5.74) is 3.27. The zero-order valence-electron chi connectivity index (χ0n) is 14.3. The Morgan fingerprint density at radius 1 is 1.04 bits per heavy atom. The number of hydrogen-bond acceptors (Lipinski definition) is 2. The van der Waals surface area contributed by atoms with Crippen LogP contribution in [0.2, 0.25) is 0 Å². The second-order valence-corrected chi connectivity index (χ2v) is 6.16. The Morgan fingerprint density at radius 3 is 2.35 bits per heavy atom. The van der Waals surface area contributed by atoms with Gasteiger partial charge in [-0.25, -0.2) is 0 Å². The van der Waals surface area contributed by atoms with Crippen LogP contribution in [0.4, 0.5) is 5.69 Å². The molecule has 0 aliphatic heterocycles. The van der Waals surface area contributed by atoms with Gasteiger partial charge in [0.25, 0.3) is 0 Å². The first kappa shape index (κ1) is 17.2. The minimum absolute atomic E-state index is 0.0676. The fraction of sp³-hybridized carbons (Fsp3) is 0.350. The number of hydrogen-bond donors (Lipinski definition) is 1. The van der Waals surface area contributed by atoms with E-state index in [0.29, 0.717) is 12.5 Å². The number of nitrogens with one attached hydrogen (secondary N) is 1. The number of nitrogens with zero attached hydrogens (tertiary/aromatic N) is 1. The summed E-state index contributed by atoms with van der Waals surface area (Å²) in [4.78, 5) is 14.5. The Labute approximate surface area is 139 Å². The van der Waals surface area contributed by atoms with Gasteiger partial charge in [0, 0.05) is 31.2 Å². The number of carbonyl (C=O) groups excluding carboxylic acids is 1. The normalized spacial score (nSPS) is 11.0. The van der Waals surface area contributed by atoms with E-state index in [4.69, 9.17) is 0 Å². The number of anilines is 1. The molecule has 3 nitrogen and oxygen atoms in total. The highest BCUT2D eigenvalue weighted by Gasteiger charge is 2.12. The summed E-state index contributed by atoms with van der Waals surface area (Å²) in [7, 11) is 0. The zero-order valence-corrected chi connectivity index (χ0v) is 14.3. The number of rotatable bonds is 7. The fourth-order valence-electron chi connectivity index (χ4n) is 2.51. The Bertz CT molecular complexity index is 623. The maximum Gasteiger partial charge on any atom is 0.225 e. The molecule has 0 fully saturated rings. The molecular formula is C20H26N2O. The summed E-state index contributed by atoms with van der Waals surface area (Å²) in [6, 6.07) is 18.7. The van der Waals surface area contributed by atoms with E-state index >= 15 is 0 Å². The number of para-hydroxylation sites is 1. The lowest BCUT2D eigenvalue weighted by Crippen LogP contribution is -2.33. The van der Waals surface area contributed by atoms with E-state index in [1.807, 2.05) is 37.3 Å². The van der Waals surface area contributed by atoms with Crippen molar-refractivity contribution in [2.24, 2.45) is 0 Å². The lowest BCUT2D eigenvalue weighted by atomic mass is 10.1. The van der Waals surface area contributed by atoms with Crippen molar-refractivity contribution >= 4 is 11.6 Å². The molecule has 0 aliphatic carbocycles. The van der Waals surface area contributed by atoms with Gasteiger partial charge in [-0.05, 0) is 38.0 Å². The summed E-state index contributed by atoms with van der Waals surface area (Å²) < 4.78 is 0. The van der Waals surface area contributed by atoms with Crippen molar-refractivity contribution in [3.63, 3.8) is 0 Å². The molecule has 0 bridgehead atoms. The van der Waals surface area contributed by atoms with Crippen molar-refractivity contribution in [2.75, 3.05) is 11.9 Å². The average Bonchev–Trinajstić information content (AvgIpc) is 2.54. The van der Waals surface area contributed by atoms with Crippen LogP contribution in [-0.4, -0.2) is 23.4 Å². The van der Waals surface area contributed by atoms with E-state index < -0.39 is 0 Å². The van der Waals surface area contributed by atoms with E-state index in [9.17, 15) is 4.79 Å². The molecule has 2 aromatic rings. The highest BCUT2D eigenvalue weighted by atomic mass is 16.1. The molecule has 23 heavy (non-hydrogen) atoms. The third kappa shape index (κ3) is 5.53. The predicted molar refractivity (Wildman–Crippen MR) is 96.4 cm³/mol. The molecule has 3 heteroatoms. The number of aryl methyl sites for hydroxylation is 1. The molecule has 0 heterocycles. The van der Waals surface area contributed by atoms with Gasteiger partial charge in [-0.2, -0.15) is 0 Å². The van der Waals surface area contributed by atoms with Crippen molar-refractivity contribution < 1.29 is 4.79 Å². The molecule has 2 aromatic carbocycles. The maximum atomic E-state index is 12.2. The van der Waals surface area contributed by atoms with Crippen molar-refractivity contribution in [2.45, 2.75) is 39.8 Å². The topological polar surface area (TPSA) is 32.3 Å². The lowest BCUT2D eigenvalue weighted by molar-refractivity contribution is -0.116. The Balaban J connectivity index is 1.88. The van der Waals surface area contributed by atoms with Gasteiger partial charge in [-0.1, -0.05) is 48.5 Å². The lowest BCUT2D eigenvalue weighted by Gasteiger charge is -2.26. The van der Waals surface area contributed by atoms with Crippen molar-refractivity contribution in [1.82, 2.24) is 4.90 Å². The highest BCUT2D eigenvalue weighted by Crippen LogP contribution is 2.14. The third-order valence-electron chi connectivity index (χ3n) is 4.00.